The summed E-state index contributed by atoms with van der Waals surface area (Å²) in [4.78, 5) is 11.9. The van der Waals surface area contributed by atoms with Crippen LogP contribution in [-0.4, -0.2) is 16.8 Å². The standard InChI is InChI=1S/C19H23N3OS2/c1-13-8-9-17(15(3)10-13)20-19(24)22-21-18(23)12-25-11-16-7-5-4-6-14(16)2/h4-10H,11-12H2,1-3H3,(H,21,23)(H2,20,22,24). The summed E-state index contributed by atoms with van der Waals surface area (Å²) in [6, 6.07) is 14.3. The molecule has 0 aliphatic carbocycles. The lowest BCUT2D eigenvalue weighted by Crippen LogP contribution is -2.44. The molecule has 2 rings (SSSR count). The minimum absolute atomic E-state index is 0.108. The number of carbonyl (C=O) groups excluding carboxylic acids is 1. The monoisotopic (exact) mass is 373 g/mol. The zero-order chi connectivity index (χ0) is 18.2. The Morgan fingerprint density at radius 1 is 1.04 bits per heavy atom. The number of thiocarbonyl (C=S) groups is 1. The number of thioether (sulfide) groups is 1. The zero-order valence-electron chi connectivity index (χ0n) is 14.7. The number of carbonyl (C=O) groups is 1. The van der Waals surface area contributed by atoms with Crippen LogP contribution in [0.15, 0.2) is 42.5 Å². The van der Waals surface area contributed by atoms with E-state index >= 15 is 0 Å². The van der Waals surface area contributed by atoms with Crippen LogP contribution in [0, 0.1) is 20.8 Å². The predicted octanol–water partition coefficient (Wildman–Crippen LogP) is 3.86. The van der Waals surface area contributed by atoms with E-state index in [2.05, 4.69) is 41.3 Å². The molecule has 0 saturated heterocycles. The number of benzene rings is 2. The minimum Gasteiger partial charge on any atom is -0.331 e. The first-order chi connectivity index (χ1) is 12.0. The van der Waals surface area contributed by atoms with Gasteiger partial charge in [0.2, 0.25) is 5.91 Å². The lowest BCUT2D eigenvalue weighted by Gasteiger charge is -2.13. The fraction of sp³-hybridized carbons (Fsp3) is 0.263. The van der Waals surface area contributed by atoms with Gasteiger partial charge in [0.05, 0.1) is 5.75 Å². The third-order valence-corrected chi connectivity index (χ3v) is 4.88. The van der Waals surface area contributed by atoms with Crippen LogP contribution < -0.4 is 16.2 Å². The van der Waals surface area contributed by atoms with E-state index in [9.17, 15) is 4.79 Å². The molecule has 0 aliphatic heterocycles. The van der Waals surface area contributed by atoms with E-state index in [0.29, 0.717) is 10.9 Å². The summed E-state index contributed by atoms with van der Waals surface area (Å²) in [7, 11) is 0. The van der Waals surface area contributed by atoms with Gasteiger partial charge in [0.1, 0.15) is 0 Å². The van der Waals surface area contributed by atoms with E-state index in [-0.39, 0.29) is 5.91 Å². The minimum atomic E-state index is -0.108. The Labute approximate surface area is 158 Å². The number of rotatable bonds is 5. The lowest BCUT2D eigenvalue weighted by molar-refractivity contribution is -0.119. The van der Waals surface area contributed by atoms with Crippen LogP contribution in [0.4, 0.5) is 5.69 Å². The molecule has 4 nitrogen and oxygen atoms in total. The van der Waals surface area contributed by atoms with Crippen molar-refractivity contribution >= 4 is 40.7 Å². The molecule has 25 heavy (non-hydrogen) atoms. The summed E-state index contributed by atoms with van der Waals surface area (Å²) in [5.74, 6) is 1.07. The Balaban J connectivity index is 1.70. The highest BCUT2D eigenvalue weighted by Gasteiger charge is 2.05. The van der Waals surface area contributed by atoms with Gasteiger partial charge in [-0.1, -0.05) is 42.0 Å². The van der Waals surface area contributed by atoms with E-state index < -0.39 is 0 Å². The smallest absolute Gasteiger partial charge is 0.248 e. The molecule has 0 bridgehead atoms. The fourth-order valence-electron chi connectivity index (χ4n) is 2.30. The van der Waals surface area contributed by atoms with Crippen molar-refractivity contribution in [3.05, 3.63) is 64.7 Å². The van der Waals surface area contributed by atoms with Gasteiger partial charge >= 0.3 is 0 Å². The number of hydrogen-bond donors (Lipinski definition) is 3. The molecule has 0 saturated carbocycles. The van der Waals surface area contributed by atoms with E-state index in [1.807, 2.05) is 38.1 Å². The topological polar surface area (TPSA) is 53.2 Å². The number of anilines is 1. The maximum absolute atomic E-state index is 11.9. The van der Waals surface area contributed by atoms with Crippen LogP contribution in [-0.2, 0) is 10.5 Å². The Morgan fingerprint density at radius 3 is 2.52 bits per heavy atom. The largest absolute Gasteiger partial charge is 0.331 e. The SMILES string of the molecule is Cc1ccc(NC(=S)NNC(=O)CSCc2ccccc2C)c(C)c1. The molecule has 2 aromatic rings. The molecule has 6 heteroatoms. The molecule has 0 radical (unpaired) electrons. The molecule has 0 fully saturated rings. The molecule has 0 aliphatic rings. The van der Waals surface area contributed by atoms with Crippen LogP contribution in [0.2, 0.25) is 0 Å². The number of aryl methyl sites for hydroxylation is 3. The molecule has 0 unspecified atom stereocenters. The molecule has 0 aromatic heterocycles. The van der Waals surface area contributed by atoms with Crippen molar-refractivity contribution in [2.24, 2.45) is 0 Å². The van der Waals surface area contributed by atoms with Crippen molar-refractivity contribution in [3.63, 3.8) is 0 Å². The fourth-order valence-corrected chi connectivity index (χ4v) is 3.36. The quantitative estimate of drug-likeness (QED) is 0.549. The Hall–Kier alpha value is -2.05. The zero-order valence-corrected chi connectivity index (χ0v) is 16.3. The molecule has 3 N–H and O–H groups in total. The first kappa shape index (κ1) is 19.3. The van der Waals surface area contributed by atoms with Crippen molar-refractivity contribution < 1.29 is 4.79 Å². The molecule has 1 amide bonds. The number of hydrazine groups is 1. The average Bonchev–Trinajstić information content (AvgIpc) is 2.57. The van der Waals surface area contributed by atoms with Crippen LogP contribution >= 0.6 is 24.0 Å². The highest BCUT2D eigenvalue weighted by atomic mass is 32.2. The summed E-state index contributed by atoms with van der Waals surface area (Å²) >= 11 is 6.78. The van der Waals surface area contributed by atoms with Gasteiger partial charge in [-0.2, -0.15) is 0 Å². The van der Waals surface area contributed by atoms with Crippen molar-refractivity contribution in [1.82, 2.24) is 10.9 Å². The second-order valence-electron chi connectivity index (χ2n) is 5.86. The van der Waals surface area contributed by atoms with Crippen molar-refractivity contribution in [2.45, 2.75) is 26.5 Å². The predicted molar refractivity (Wildman–Crippen MR) is 111 cm³/mol. The van der Waals surface area contributed by atoms with Gasteiger partial charge in [-0.3, -0.25) is 15.6 Å². The highest BCUT2D eigenvalue weighted by Crippen LogP contribution is 2.16. The van der Waals surface area contributed by atoms with Crippen LogP contribution in [0.3, 0.4) is 0 Å². The van der Waals surface area contributed by atoms with E-state index in [4.69, 9.17) is 12.2 Å². The third-order valence-electron chi connectivity index (χ3n) is 3.70. The summed E-state index contributed by atoms with van der Waals surface area (Å²) < 4.78 is 0. The molecular weight excluding hydrogens is 350 g/mol. The number of amides is 1. The molecule has 0 heterocycles. The first-order valence-electron chi connectivity index (χ1n) is 8.01. The molecular formula is C19H23N3OS2. The van der Waals surface area contributed by atoms with Gasteiger partial charge in [-0.15, -0.1) is 11.8 Å². The normalized spacial score (nSPS) is 10.2. The van der Waals surface area contributed by atoms with Gasteiger partial charge in [0.25, 0.3) is 0 Å². The number of nitrogens with one attached hydrogen (secondary N) is 3. The number of hydrogen-bond acceptors (Lipinski definition) is 3. The van der Waals surface area contributed by atoms with Gasteiger partial charge in [0, 0.05) is 11.4 Å². The van der Waals surface area contributed by atoms with Crippen LogP contribution in [0.1, 0.15) is 22.3 Å². The second-order valence-corrected chi connectivity index (χ2v) is 7.26. The third kappa shape index (κ3) is 6.40. The maximum Gasteiger partial charge on any atom is 0.248 e. The van der Waals surface area contributed by atoms with E-state index in [0.717, 1.165) is 17.0 Å². The molecule has 0 atom stereocenters. The van der Waals surface area contributed by atoms with Crippen molar-refractivity contribution in [2.75, 3.05) is 11.1 Å². The van der Waals surface area contributed by atoms with Crippen molar-refractivity contribution in [1.29, 1.82) is 0 Å². The van der Waals surface area contributed by atoms with Gasteiger partial charge < -0.3 is 5.32 Å². The van der Waals surface area contributed by atoms with E-state index in [1.165, 1.54) is 16.7 Å². The summed E-state index contributed by atoms with van der Waals surface area (Å²) in [5.41, 5.74) is 11.1. The highest BCUT2D eigenvalue weighted by molar-refractivity contribution is 7.99. The van der Waals surface area contributed by atoms with Gasteiger partial charge in [0.15, 0.2) is 5.11 Å². The second kappa shape index (κ2) is 9.44. The van der Waals surface area contributed by atoms with Gasteiger partial charge in [-0.05, 0) is 55.7 Å². The molecule has 2 aromatic carbocycles. The summed E-state index contributed by atoms with van der Waals surface area (Å²) in [6.07, 6.45) is 0. The molecule has 132 valence electrons. The van der Waals surface area contributed by atoms with Crippen LogP contribution in [0.25, 0.3) is 0 Å². The van der Waals surface area contributed by atoms with Crippen LogP contribution in [0.5, 0.6) is 0 Å². The lowest BCUT2D eigenvalue weighted by atomic mass is 10.1. The molecule has 0 spiro atoms. The van der Waals surface area contributed by atoms with Crippen molar-refractivity contribution in [3.8, 4) is 0 Å². The summed E-state index contributed by atoms with van der Waals surface area (Å²) in [6.45, 7) is 6.13. The Morgan fingerprint density at radius 2 is 1.80 bits per heavy atom. The van der Waals surface area contributed by atoms with E-state index in [1.54, 1.807) is 11.8 Å². The average molecular weight is 374 g/mol. The maximum atomic E-state index is 11.9. The summed E-state index contributed by atoms with van der Waals surface area (Å²) in [5, 5.41) is 3.45. The Bertz CT molecular complexity index is 762. The Kier molecular flexibility index (Phi) is 7.28. The van der Waals surface area contributed by atoms with Gasteiger partial charge in [-0.25, -0.2) is 0 Å². The first-order valence-corrected chi connectivity index (χ1v) is 9.57.